The summed E-state index contributed by atoms with van der Waals surface area (Å²) in [6.45, 7) is 1.61. The maximum atomic E-state index is 11.5. The summed E-state index contributed by atoms with van der Waals surface area (Å²) < 4.78 is 34.6. The first-order valence-corrected chi connectivity index (χ1v) is 3.48. The average Bonchev–Trinajstić information content (AvgIpc) is 1.85. The first-order valence-electron chi connectivity index (χ1n) is 3.48. The number of hydrogen-bond donors (Lipinski definition) is 0. The van der Waals surface area contributed by atoms with E-state index in [0.29, 0.717) is 12.7 Å². The normalized spacial score (nSPS) is 14.5. The number of aldehydes is 1. The van der Waals surface area contributed by atoms with Gasteiger partial charge in [0.25, 0.3) is 0 Å². The van der Waals surface area contributed by atoms with E-state index in [1.807, 2.05) is 0 Å². The van der Waals surface area contributed by atoms with Crippen LogP contribution in [0.15, 0.2) is 0 Å². The van der Waals surface area contributed by atoms with Crippen LogP contribution in [0.2, 0.25) is 0 Å². The molecule has 1 atom stereocenters. The molecule has 4 heteroatoms. The van der Waals surface area contributed by atoms with Crippen molar-refractivity contribution in [2.24, 2.45) is 5.92 Å². The summed E-state index contributed by atoms with van der Waals surface area (Å²) in [4.78, 5) is 9.98. The van der Waals surface area contributed by atoms with Gasteiger partial charge in [-0.05, 0) is 12.8 Å². The topological polar surface area (TPSA) is 17.1 Å². The molecule has 0 saturated heterocycles. The fourth-order valence-electron chi connectivity index (χ4n) is 0.693. The number of carbonyl (C=O) groups is 1. The minimum absolute atomic E-state index is 0.0450. The summed E-state index contributed by atoms with van der Waals surface area (Å²) in [5.41, 5.74) is 0. The van der Waals surface area contributed by atoms with E-state index in [0.717, 1.165) is 0 Å². The Labute approximate surface area is 63.6 Å². The Balaban J connectivity index is 3.35. The lowest BCUT2D eigenvalue weighted by Crippen LogP contribution is -2.07. The van der Waals surface area contributed by atoms with Crippen LogP contribution in [0, 0.1) is 5.92 Å². The van der Waals surface area contributed by atoms with Crippen LogP contribution >= 0.6 is 0 Å². The van der Waals surface area contributed by atoms with E-state index < -0.39 is 12.6 Å². The summed E-state index contributed by atoms with van der Waals surface area (Å²) in [5.74, 6) is -0.252. The second kappa shape index (κ2) is 4.36. The van der Waals surface area contributed by atoms with Gasteiger partial charge in [-0.3, -0.25) is 0 Å². The van der Waals surface area contributed by atoms with Crippen molar-refractivity contribution in [3.8, 4) is 0 Å². The molecular formula is C7H11F3O. The zero-order valence-corrected chi connectivity index (χ0v) is 6.32. The zero-order valence-electron chi connectivity index (χ0n) is 6.32. The summed E-state index contributed by atoms with van der Waals surface area (Å²) in [6, 6.07) is 0. The van der Waals surface area contributed by atoms with E-state index in [-0.39, 0.29) is 12.3 Å². The highest BCUT2D eigenvalue weighted by Crippen LogP contribution is 2.23. The summed E-state index contributed by atoms with van der Waals surface area (Å²) in [6.07, 6.45) is -3.82. The van der Waals surface area contributed by atoms with E-state index in [9.17, 15) is 18.0 Å². The van der Waals surface area contributed by atoms with Crippen molar-refractivity contribution in [2.75, 3.05) is 0 Å². The van der Waals surface area contributed by atoms with Crippen LogP contribution in [0.5, 0.6) is 0 Å². The highest BCUT2D eigenvalue weighted by atomic mass is 19.4. The van der Waals surface area contributed by atoms with Gasteiger partial charge >= 0.3 is 6.18 Å². The SMILES string of the molecule is CC(C=O)CCCC(F)(F)F. The van der Waals surface area contributed by atoms with E-state index >= 15 is 0 Å². The van der Waals surface area contributed by atoms with Crippen LogP contribution < -0.4 is 0 Å². The highest BCUT2D eigenvalue weighted by molar-refractivity contribution is 5.52. The number of alkyl halides is 3. The third kappa shape index (κ3) is 7.36. The molecule has 66 valence electrons. The first kappa shape index (κ1) is 10.5. The molecule has 0 amide bonds. The minimum atomic E-state index is -4.08. The van der Waals surface area contributed by atoms with E-state index in [1.165, 1.54) is 0 Å². The van der Waals surface area contributed by atoms with Gasteiger partial charge in [-0.15, -0.1) is 0 Å². The number of hydrogen-bond acceptors (Lipinski definition) is 1. The van der Waals surface area contributed by atoms with Crippen LogP contribution in [0.1, 0.15) is 26.2 Å². The van der Waals surface area contributed by atoms with Gasteiger partial charge in [0.15, 0.2) is 0 Å². The molecule has 0 fully saturated rings. The van der Waals surface area contributed by atoms with Gasteiger partial charge in [0.05, 0.1) is 0 Å². The Bertz CT molecular complexity index is 119. The van der Waals surface area contributed by atoms with Crippen LogP contribution in [-0.4, -0.2) is 12.5 Å². The average molecular weight is 168 g/mol. The molecule has 0 radical (unpaired) electrons. The molecule has 0 aromatic rings. The second-order valence-electron chi connectivity index (χ2n) is 2.62. The van der Waals surface area contributed by atoms with Crippen molar-refractivity contribution in [3.63, 3.8) is 0 Å². The monoisotopic (exact) mass is 168 g/mol. The van der Waals surface area contributed by atoms with E-state index in [2.05, 4.69) is 0 Å². The molecule has 0 N–H and O–H groups in total. The van der Waals surface area contributed by atoms with Crippen molar-refractivity contribution in [1.29, 1.82) is 0 Å². The predicted octanol–water partition coefficient (Wildman–Crippen LogP) is 2.55. The van der Waals surface area contributed by atoms with Crippen molar-refractivity contribution in [2.45, 2.75) is 32.4 Å². The quantitative estimate of drug-likeness (QED) is 0.589. The van der Waals surface area contributed by atoms with Crippen molar-refractivity contribution in [1.82, 2.24) is 0 Å². The Kier molecular flexibility index (Phi) is 4.15. The standard InChI is InChI=1S/C7H11F3O/c1-6(5-11)3-2-4-7(8,9)10/h5-6H,2-4H2,1H3. The van der Waals surface area contributed by atoms with Gasteiger partial charge in [0, 0.05) is 12.3 Å². The van der Waals surface area contributed by atoms with Crippen LogP contribution in [0.25, 0.3) is 0 Å². The second-order valence-corrected chi connectivity index (χ2v) is 2.62. The largest absolute Gasteiger partial charge is 0.389 e. The highest BCUT2D eigenvalue weighted by Gasteiger charge is 2.26. The number of carbonyl (C=O) groups excluding carboxylic acids is 1. The third-order valence-corrected chi connectivity index (χ3v) is 1.35. The lowest BCUT2D eigenvalue weighted by molar-refractivity contribution is -0.136. The molecule has 0 aliphatic carbocycles. The smallest absolute Gasteiger partial charge is 0.303 e. The van der Waals surface area contributed by atoms with Crippen LogP contribution in [0.4, 0.5) is 13.2 Å². The van der Waals surface area contributed by atoms with Crippen molar-refractivity contribution in [3.05, 3.63) is 0 Å². The molecule has 1 unspecified atom stereocenters. The fourth-order valence-corrected chi connectivity index (χ4v) is 0.693. The molecule has 0 aromatic carbocycles. The zero-order chi connectivity index (χ0) is 8.91. The summed E-state index contributed by atoms with van der Waals surface area (Å²) in [7, 11) is 0. The lowest BCUT2D eigenvalue weighted by atomic mass is 10.1. The van der Waals surface area contributed by atoms with Gasteiger partial charge in [0.2, 0.25) is 0 Å². The lowest BCUT2D eigenvalue weighted by Gasteiger charge is -2.06. The molecular weight excluding hydrogens is 157 g/mol. The van der Waals surface area contributed by atoms with Gasteiger partial charge in [-0.2, -0.15) is 13.2 Å². The predicted molar refractivity (Wildman–Crippen MR) is 35.1 cm³/mol. The number of rotatable bonds is 4. The van der Waals surface area contributed by atoms with Crippen LogP contribution in [0.3, 0.4) is 0 Å². The molecule has 0 aromatic heterocycles. The molecule has 0 rings (SSSR count). The van der Waals surface area contributed by atoms with Crippen molar-refractivity contribution < 1.29 is 18.0 Å². The third-order valence-electron chi connectivity index (χ3n) is 1.35. The fraction of sp³-hybridized carbons (Fsp3) is 0.857. The molecule has 0 aliphatic rings. The Hall–Kier alpha value is -0.540. The van der Waals surface area contributed by atoms with Gasteiger partial charge in [-0.25, -0.2) is 0 Å². The van der Waals surface area contributed by atoms with E-state index in [4.69, 9.17) is 0 Å². The maximum absolute atomic E-state index is 11.5. The molecule has 0 heterocycles. The molecule has 0 saturated carbocycles. The molecule has 0 spiro atoms. The summed E-state index contributed by atoms with van der Waals surface area (Å²) in [5, 5.41) is 0. The molecule has 0 bridgehead atoms. The summed E-state index contributed by atoms with van der Waals surface area (Å²) >= 11 is 0. The van der Waals surface area contributed by atoms with E-state index in [1.54, 1.807) is 6.92 Å². The molecule has 0 aliphatic heterocycles. The Morgan fingerprint density at radius 2 is 2.00 bits per heavy atom. The van der Waals surface area contributed by atoms with Crippen molar-refractivity contribution >= 4 is 6.29 Å². The molecule has 1 nitrogen and oxygen atoms in total. The van der Waals surface area contributed by atoms with Gasteiger partial charge < -0.3 is 4.79 Å². The minimum Gasteiger partial charge on any atom is -0.303 e. The van der Waals surface area contributed by atoms with Gasteiger partial charge in [-0.1, -0.05) is 6.92 Å². The Morgan fingerprint density at radius 3 is 2.36 bits per heavy atom. The molecule has 11 heavy (non-hydrogen) atoms. The first-order chi connectivity index (χ1) is 4.95. The Morgan fingerprint density at radius 1 is 1.45 bits per heavy atom. The number of halogens is 3. The van der Waals surface area contributed by atoms with Crippen LogP contribution in [-0.2, 0) is 4.79 Å². The maximum Gasteiger partial charge on any atom is 0.389 e. The van der Waals surface area contributed by atoms with Gasteiger partial charge in [0.1, 0.15) is 6.29 Å².